The van der Waals surface area contributed by atoms with Crippen molar-refractivity contribution in [2.45, 2.75) is 19.4 Å². The summed E-state index contributed by atoms with van der Waals surface area (Å²) in [5, 5.41) is 4.54. The Morgan fingerprint density at radius 3 is 3.05 bits per heavy atom. The van der Waals surface area contributed by atoms with Crippen molar-refractivity contribution in [3.8, 4) is 0 Å². The summed E-state index contributed by atoms with van der Waals surface area (Å²) in [4.78, 5) is 6.79. The molecule has 19 heavy (non-hydrogen) atoms. The van der Waals surface area contributed by atoms with Gasteiger partial charge in [-0.25, -0.2) is 0 Å². The molecule has 1 N–H and O–H groups in total. The Morgan fingerprint density at radius 2 is 2.21 bits per heavy atom. The van der Waals surface area contributed by atoms with Crippen molar-refractivity contribution in [1.82, 2.24) is 10.2 Å². The number of benzene rings is 1. The molecule has 1 aromatic carbocycles. The van der Waals surface area contributed by atoms with Crippen LogP contribution in [-0.4, -0.2) is 23.9 Å². The maximum absolute atomic E-state index is 6.36. The minimum atomic E-state index is 0.103. The molecule has 0 spiro atoms. The van der Waals surface area contributed by atoms with Crippen molar-refractivity contribution in [1.29, 1.82) is 0 Å². The van der Waals surface area contributed by atoms with E-state index < -0.39 is 0 Å². The zero-order chi connectivity index (χ0) is 13.4. The summed E-state index contributed by atoms with van der Waals surface area (Å²) in [6, 6.07) is 5.89. The van der Waals surface area contributed by atoms with Crippen LogP contribution in [0.2, 0.25) is 10.0 Å². The van der Waals surface area contributed by atoms with Gasteiger partial charge in [0.25, 0.3) is 0 Å². The molecule has 0 saturated heterocycles. The van der Waals surface area contributed by atoms with Crippen molar-refractivity contribution in [2.24, 2.45) is 4.99 Å². The molecule has 3 nitrogen and oxygen atoms in total. The predicted molar refractivity (Wildman–Crippen MR) is 79.7 cm³/mol. The lowest BCUT2D eigenvalue weighted by Gasteiger charge is -2.39. The van der Waals surface area contributed by atoms with Crippen LogP contribution in [0.1, 0.15) is 24.9 Å². The Bertz CT molecular complexity index is 566. The summed E-state index contributed by atoms with van der Waals surface area (Å²) in [7, 11) is 0. The zero-order valence-corrected chi connectivity index (χ0v) is 12.2. The monoisotopic (exact) mass is 295 g/mol. The number of halogens is 2. The fourth-order valence-corrected chi connectivity index (χ4v) is 2.98. The molecular formula is C14H15Cl2N3. The normalized spacial score (nSPS) is 22.3. The highest BCUT2D eigenvalue weighted by molar-refractivity contribution is 6.42. The van der Waals surface area contributed by atoms with Gasteiger partial charge in [-0.15, -0.1) is 0 Å². The van der Waals surface area contributed by atoms with E-state index in [9.17, 15) is 0 Å². The summed E-state index contributed by atoms with van der Waals surface area (Å²) in [6.07, 6.45) is 3.23. The van der Waals surface area contributed by atoms with Crippen molar-refractivity contribution in [2.75, 3.05) is 13.1 Å². The van der Waals surface area contributed by atoms with Crippen LogP contribution in [0.4, 0.5) is 0 Å². The second-order valence-corrected chi connectivity index (χ2v) is 5.60. The van der Waals surface area contributed by atoms with E-state index in [4.69, 9.17) is 23.2 Å². The first kappa shape index (κ1) is 12.8. The van der Waals surface area contributed by atoms with E-state index in [0.717, 1.165) is 36.7 Å². The lowest BCUT2D eigenvalue weighted by molar-refractivity contribution is 0.324. The van der Waals surface area contributed by atoms with Gasteiger partial charge in [-0.3, -0.25) is 4.99 Å². The Kier molecular flexibility index (Phi) is 3.42. The Labute approximate surface area is 122 Å². The third-order valence-electron chi connectivity index (χ3n) is 3.44. The fraction of sp³-hybridized carbons (Fsp3) is 0.357. The molecule has 5 heteroatoms. The number of allylic oxidation sites excluding steroid dienone is 1. The predicted octanol–water partition coefficient (Wildman–Crippen LogP) is 3.60. The van der Waals surface area contributed by atoms with Gasteiger partial charge in [0.2, 0.25) is 0 Å². The molecule has 1 aromatic rings. The number of aliphatic imine (C=N–C) groups is 1. The molecule has 3 rings (SSSR count). The van der Waals surface area contributed by atoms with Crippen LogP contribution in [0.25, 0.3) is 0 Å². The van der Waals surface area contributed by atoms with Crippen molar-refractivity contribution in [3.63, 3.8) is 0 Å². The number of fused-ring (bicyclic) bond motifs is 1. The molecule has 0 radical (unpaired) electrons. The average Bonchev–Trinajstić information content (AvgIpc) is 2.41. The van der Waals surface area contributed by atoms with Crippen LogP contribution >= 0.6 is 23.2 Å². The molecule has 1 unspecified atom stereocenters. The summed E-state index contributed by atoms with van der Waals surface area (Å²) in [5.74, 6) is 0.937. The van der Waals surface area contributed by atoms with Crippen LogP contribution in [0.5, 0.6) is 0 Å². The van der Waals surface area contributed by atoms with E-state index in [2.05, 4.69) is 21.3 Å². The van der Waals surface area contributed by atoms with Gasteiger partial charge >= 0.3 is 0 Å². The van der Waals surface area contributed by atoms with Crippen LogP contribution in [0.3, 0.4) is 0 Å². The third kappa shape index (κ3) is 2.33. The summed E-state index contributed by atoms with van der Waals surface area (Å²) >= 11 is 12.5. The van der Waals surface area contributed by atoms with E-state index in [1.54, 1.807) is 0 Å². The van der Waals surface area contributed by atoms with Crippen LogP contribution in [-0.2, 0) is 0 Å². The molecular weight excluding hydrogens is 281 g/mol. The highest BCUT2D eigenvalue weighted by atomic mass is 35.5. The Hall–Kier alpha value is -1.19. The van der Waals surface area contributed by atoms with Gasteiger partial charge in [0, 0.05) is 18.8 Å². The van der Waals surface area contributed by atoms with Gasteiger partial charge in [-0.2, -0.15) is 0 Å². The number of rotatable bonds is 1. The molecule has 0 fully saturated rings. The average molecular weight is 296 g/mol. The first-order valence-electron chi connectivity index (χ1n) is 6.37. The van der Waals surface area contributed by atoms with E-state index in [1.165, 1.54) is 0 Å². The lowest BCUT2D eigenvalue weighted by Crippen LogP contribution is -2.48. The molecule has 0 aliphatic carbocycles. The first-order chi connectivity index (χ1) is 9.16. The molecule has 0 amide bonds. The second-order valence-electron chi connectivity index (χ2n) is 4.81. The maximum atomic E-state index is 6.36. The van der Waals surface area contributed by atoms with Gasteiger partial charge in [-0.05, 0) is 31.1 Å². The minimum absolute atomic E-state index is 0.103. The SMILES string of the molecule is CC1=CC(c2cccc(Cl)c2Cl)N2CCCN=C2N1. The highest BCUT2D eigenvalue weighted by Gasteiger charge is 2.29. The van der Waals surface area contributed by atoms with Gasteiger partial charge in [0.1, 0.15) is 0 Å². The molecule has 2 heterocycles. The molecule has 2 aliphatic heterocycles. The number of hydrogen-bond donors (Lipinski definition) is 1. The number of nitrogens with zero attached hydrogens (tertiary/aromatic N) is 2. The number of nitrogens with one attached hydrogen (secondary N) is 1. The van der Waals surface area contributed by atoms with Crippen LogP contribution in [0.15, 0.2) is 35.0 Å². The Morgan fingerprint density at radius 1 is 1.37 bits per heavy atom. The smallest absolute Gasteiger partial charge is 0.198 e. The fourth-order valence-electron chi connectivity index (χ4n) is 2.56. The Balaban J connectivity index is 2.07. The van der Waals surface area contributed by atoms with Crippen molar-refractivity contribution < 1.29 is 0 Å². The molecule has 0 aromatic heterocycles. The number of guanidine groups is 1. The van der Waals surface area contributed by atoms with Crippen LogP contribution in [0, 0.1) is 0 Å². The maximum Gasteiger partial charge on any atom is 0.198 e. The summed E-state index contributed by atoms with van der Waals surface area (Å²) in [6.45, 7) is 3.89. The van der Waals surface area contributed by atoms with Crippen molar-refractivity contribution >= 4 is 29.2 Å². The molecule has 0 saturated carbocycles. The second kappa shape index (κ2) is 5.06. The van der Waals surface area contributed by atoms with Gasteiger partial charge < -0.3 is 10.2 Å². The van der Waals surface area contributed by atoms with Crippen LogP contribution < -0.4 is 5.32 Å². The lowest BCUT2D eigenvalue weighted by atomic mass is 10.0. The molecule has 2 aliphatic rings. The molecule has 100 valence electrons. The molecule has 0 bridgehead atoms. The quantitative estimate of drug-likeness (QED) is 0.857. The van der Waals surface area contributed by atoms with Gasteiger partial charge in [0.15, 0.2) is 5.96 Å². The summed E-state index contributed by atoms with van der Waals surface area (Å²) < 4.78 is 0. The standard InChI is InChI=1S/C14H15Cl2N3/c1-9-8-12(10-4-2-5-11(15)13(10)16)19-7-3-6-17-14(19)18-9/h2,4-5,8,12H,3,6-7H2,1H3,(H,17,18). The minimum Gasteiger partial charge on any atom is -0.332 e. The van der Waals surface area contributed by atoms with E-state index in [-0.39, 0.29) is 6.04 Å². The van der Waals surface area contributed by atoms with E-state index in [1.807, 2.05) is 25.1 Å². The van der Waals surface area contributed by atoms with Crippen molar-refractivity contribution in [3.05, 3.63) is 45.6 Å². The topological polar surface area (TPSA) is 27.6 Å². The molecule has 1 atom stereocenters. The van der Waals surface area contributed by atoms with Gasteiger partial charge in [-0.1, -0.05) is 35.3 Å². The van der Waals surface area contributed by atoms with E-state index in [0.29, 0.717) is 10.0 Å². The van der Waals surface area contributed by atoms with E-state index >= 15 is 0 Å². The number of hydrogen-bond acceptors (Lipinski definition) is 3. The summed E-state index contributed by atoms with van der Waals surface area (Å²) in [5.41, 5.74) is 2.13. The largest absolute Gasteiger partial charge is 0.332 e. The zero-order valence-electron chi connectivity index (χ0n) is 10.7. The highest BCUT2D eigenvalue weighted by Crippen LogP contribution is 2.36. The first-order valence-corrected chi connectivity index (χ1v) is 7.13. The third-order valence-corrected chi connectivity index (χ3v) is 4.28. The van der Waals surface area contributed by atoms with Gasteiger partial charge in [0.05, 0.1) is 16.1 Å².